The van der Waals surface area contributed by atoms with Crippen LogP contribution in [0, 0.1) is 0 Å². The number of aldehydes is 1. The van der Waals surface area contributed by atoms with Crippen LogP contribution in [0.2, 0.25) is 0 Å². The smallest absolute Gasteiger partial charge is 0.220 e. The number of carbonyl (C=O) groups is 2. The standard InChI is InChI=1S/C5H7NO2/c7-3-4-1-2-5(8)6-4/h3-4H,1-2H2,(H,6,8)/t4-/m1/s1. The van der Waals surface area contributed by atoms with E-state index in [1.165, 1.54) is 0 Å². The number of rotatable bonds is 1. The molecule has 0 aromatic heterocycles. The van der Waals surface area contributed by atoms with Gasteiger partial charge in [-0.3, -0.25) is 4.79 Å². The van der Waals surface area contributed by atoms with E-state index in [4.69, 9.17) is 0 Å². The van der Waals surface area contributed by atoms with E-state index in [1.807, 2.05) is 0 Å². The first-order chi connectivity index (χ1) is 3.83. The van der Waals surface area contributed by atoms with Crippen molar-refractivity contribution in [1.29, 1.82) is 0 Å². The Balaban J connectivity index is 2.43. The number of carbonyl (C=O) groups excluding carboxylic acids is 2. The first-order valence-corrected chi connectivity index (χ1v) is 2.57. The predicted octanol–water partition coefficient (Wildman–Crippen LogP) is -0.536. The Morgan fingerprint density at radius 3 is 2.75 bits per heavy atom. The molecule has 1 aliphatic heterocycles. The van der Waals surface area contributed by atoms with Crippen molar-refractivity contribution in [2.45, 2.75) is 18.9 Å². The van der Waals surface area contributed by atoms with Crippen molar-refractivity contribution >= 4 is 12.2 Å². The van der Waals surface area contributed by atoms with E-state index in [1.54, 1.807) is 0 Å². The van der Waals surface area contributed by atoms with Gasteiger partial charge in [0.2, 0.25) is 5.91 Å². The zero-order chi connectivity index (χ0) is 5.98. The molecule has 3 heteroatoms. The van der Waals surface area contributed by atoms with Gasteiger partial charge in [0.05, 0.1) is 6.04 Å². The van der Waals surface area contributed by atoms with Crippen LogP contribution in [0.25, 0.3) is 0 Å². The average Bonchev–Trinajstić information content (AvgIpc) is 2.14. The molecule has 0 radical (unpaired) electrons. The summed E-state index contributed by atoms with van der Waals surface area (Å²) in [6, 6.07) is -0.206. The molecule has 0 aromatic rings. The molecule has 0 bridgehead atoms. The van der Waals surface area contributed by atoms with Crippen molar-refractivity contribution in [3.8, 4) is 0 Å². The van der Waals surface area contributed by atoms with Crippen molar-refractivity contribution in [3.05, 3.63) is 0 Å². The van der Waals surface area contributed by atoms with Gasteiger partial charge >= 0.3 is 0 Å². The van der Waals surface area contributed by atoms with E-state index in [2.05, 4.69) is 5.32 Å². The highest BCUT2D eigenvalue weighted by Crippen LogP contribution is 2.02. The van der Waals surface area contributed by atoms with Gasteiger partial charge in [-0.2, -0.15) is 0 Å². The van der Waals surface area contributed by atoms with Gasteiger partial charge in [-0.15, -0.1) is 0 Å². The van der Waals surface area contributed by atoms with Crippen LogP contribution < -0.4 is 5.32 Å². The van der Waals surface area contributed by atoms with Crippen LogP contribution in [0.3, 0.4) is 0 Å². The van der Waals surface area contributed by atoms with Gasteiger partial charge in [0.1, 0.15) is 6.29 Å². The summed E-state index contributed by atoms with van der Waals surface area (Å²) in [5.41, 5.74) is 0. The molecule has 1 rings (SSSR count). The number of hydrogen-bond donors (Lipinski definition) is 1. The fourth-order valence-electron chi connectivity index (χ4n) is 0.740. The van der Waals surface area contributed by atoms with Gasteiger partial charge in [-0.25, -0.2) is 0 Å². The van der Waals surface area contributed by atoms with Crippen LogP contribution in [-0.2, 0) is 9.59 Å². The van der Waals surface area contributed by atoms with Crippen LogP contribution in [0.15, 0.2) is 0 Å². The molecule has 44 valence electrons. The maximum Gasteiger partial charge on any atom is 0.220 e. The maximum absolute atomic E-state index is 10.3. The van der Waals surface area contributed by atoms with E-state index in [0.29, 0.717) is 12.8 Å². The molecule has 1 atom stereocenters. The molecule has 0 aromatic carbocycles. The van der Waals surface area contributed by atoms with Crippen LogP contribution in [-0.4, -0.2) is 18.2 Å². The minimum Gasteiger partial charge on any atom is -0.347 e. The first-order valence-electron chi connectivity index (χ1n) is 2.57. The molecule has 1 fully saturated rings. The molecular formula is C5H7NO2. The quantitative estimate of drug-likeness (QED) is 0.464. The maximum atomic E-state index is 10.3. The van der Waals surface area contributed by atoms with E-state index in [9.17, 15) is 9.59 Å². The Hall–Kier alpha value is -0.860. The highest BCUT2D eigenvalue weighted by molar-refractivity contribution is 5.83. The minimum absolute atomic E-state index is 0.0119. The number of amides is 1. The lowest BCUT2D eigenvalue weighted by molar-refractivity contribution is -0.120. The molecule has 1 N–H and O–H groups in total. The van der Waals surface area contributed by atoms with Crippen molar-refractivity contribution in [3.63, 3.8) is 0 Å². The van der Waals surface area contributed by atoms with E-state index >= 15 is 0 Å². The molecule has 3 nitrogen and oxygen atoms in total. The molecule has 1 aliphatic rings. The van der Waals surface area contributed by atoms with Crippen LogP contribution in [0.5, 0.6) is 0 Å². The van der Waals surface area contributed by atoms with Gasteiger partial charge < -0.3 is 10.1 Å². The lowest BCUT2D eigenvalue weighted by atomic mass is 10.2. The lowest BCUT2D eigenvalue weighted by Gasteiger charge is -1.94. The summed E-state index contributed by atoms with van der Waals surface area (Å²) in [5.74, 6) is -0.0119. The third-order valence-corrected chi connectivity index (χ3v) is 1.19. The minimum atomic E-state index is -0.206. The van der Waals surface area contributed by atoms with Crippen molar-refractivity contribution in [1.82, 2.24) is 5.32 Å². The molecule has 1 heterocycles. The number of hydrogen-bond acceptors (Lipinski definition) is 2. The monoisotopic (exact) mass is 113 g/mol. The van der Waals surface area contributed by atoms with Crippen molar-refractivity contribution in [2.75, 3.05) is 0 Å². The molecule has 0 saturated carbocycles. The van der Waals surface area contributed by atoms with E-state index < -0.39 is 0 Å². The molecule has 0 unspecified atom stereocenters. The van der Waals surface area contributed by atoms with Gasteiger partial charge in [-0.1, -0.05) is 0 Å². The normalized spacial score (nSPS) is 27.5. The van der Waals surface area contributed by atoms with Gasteiger partial charge in [0, 0.05) is 6.42 Å². The second kappa shape index (κ2) is 1.94. The summed E-state index contributed by atoms with van der Waals surface area (Å²) in [6.07, 6.45) is 1.94. The Morgan fingerprint density at radius 1 is 1.75 bits per heavy atom. The molecule has 8 heavy (non-hydrogen) atoms. The Bertz CT molecular complexity index is 122. The zero-order valence-corrected chi connectivity index (χ0v) is 4.39. The summed E-state index contributed by atoms with van der Waals surface area (Å²) in [7, 11) is 0. The SMILES string of the molecule is O=C[C@H]1CCC(=O)N1. The van der Waals surface area contributed by atoms with E-state index in [0.717, 1.165) is 6.29 Å². The van der Waals surface area contributed by atoms with Crippen molar-refractivity contribution < 1.29 is 9.59 Å². The van der Waals surface area contributed by atoms with Crippen LogP contribution >= 0.6 is 0 Å². The molecule has 1 saturated heterocycles. The largest absolute Gasteiger partial charge is 0.347 e. The fraction of sp³-hybridized carbons (Fsp3) is 0.600. The third kappa shape index (κ3) is 0.857. The highest BCUT2D eigenvalue weighted by atomic mass is 16.2. The Kier molecular flexibility index (Phi) is 1.28. The lowest BCUT2D eigenvalue weighted by Crippen LogP contribution is -2.25. The van der Waals surface area contributed by atoms with Crippen molar-refractivity contribution in [2.24, 2.45) is 0 Å². The van der Waals surface area contributed by atoms with Gasteiger partial charge in [-0.05, 0) is 6.42 Å². The summed E-state index contributed by atoms with van der Waals surface area (Å²) in [4.78, 5) is 20.3. The summed E-state index contributed by atoms with van der Waals surface area (Å²) in [6.45, 7) is 0. The molecule has 0 spiro atoms. The van der Waals surface area contributed by atoms with Gasteiger partial charge in [0.25, 0.3) is 0 Å². The fourth-order valence-corrected chi connectivity index (χ4v) is 0.740. The number of nitrogens with one attached hydrogen (secondary N) is 1. The summed E-state index contributed by atoms with van der Waals surface area (Å²) < 4.78 is 0. The summed E-state index contributed by atoms with van der Waals surface area (Å²) >= 11 is 0. The first kappa shape index (κ1) is 5.28. The third-order valence-electron chi connectivity index (χ3n) is 1.19. The molecule has 0 aliphatic carbocycles. The summed E-state index contributed by atoms with van der Waals surface area (Å²) in [5, 5.41) is 2.50. The average molecular weight is 113 g/mol. The highest BCUT2D eigenvalue weighted by Gasteiger charge is 2.18. The predicted molar refractivity (Wildman–Crippen MR) is 27.2 cm³/mol. The van der Waals surface area contributed by atoms with Gasteiger partial charge in [0.15, 0.2) is 0 Å². The zero-order valence-electron chi connectivity index (χ0n) is 4.39. The van der Waals surface area contributed by atoms with E-state index in [-0.39, 0.29) is 11.9 Å². The Labute approximate surface area is 47.1 Å². The Morgan fingerprint density at radius 2 is 2.50 bits per heavy atom. The topological polar surface area (TPSA) is 46.2 Å². The molecule has 1 amide bonds. The van der Waals surface area contributed by atoms with Crippen LogP contribution in [0.1, 0.15) is 12.8 Å². The second-order valence-corrected chi connectivity index (χ2v) is 1.85. The van der Waals surface area contributed by atoms with Crippen LogP contribution in [0.4, 0.5) is 0 Å². The molecular weight excluding hydrogens is 106 g/mol. The second-order valence-electron chi connectivity index (χ2n) is 1.85.